The highest BCUT2D eigenvalue weighted by molar-refractivity contribution is 7.20. The first-order chi connectivity index (χ1) is 14.1. The number of nitrogens with one attached hydrogen (secondary N) is 1. The number of thiophene rings is 1. The Labute approximate surface area is 180 Å². The Morgan fingerprint density at radius 2 is 2.07 bits per heavy atom. The number of aromatic nitrogens is 2. The third kappa shape index (κ3) is 6.12. The van der Waals surface area contributed by atoms with Gasteiger partial charge in [-0.25, -0.2) is 9.78 Å². The van der Waals surface area contributed by atoms with Gasteiger partial charge in [0.25, 0.3) is 5.56 Å². The second-order valence-corrected chi connectivity index (χ2v) is 8.60. The lowest BCUT2D eigenvalue weighted by atomic mass is 10.2. The maximum atomic E-state index is 12.7. The first-order valence-electron chi connectivity index (χ1n) is 9.80. The maximum Gasteiger partial charge on any atom is 0.348 e. The number of aliphatic hydroxyl groups is 1. The monoisotopic (exact) mass is 435 g/mol. The number of terminal acetylenes is 1. The molecule has 0 aliphatic carbocycles. The molecule has 0 saturated carbocycles. The molecule has 30 heavy (non-hydrogen) atoms. The van der Waals surface area contributed by atoms with Gasteiger partial charge in [-0.3, -0.25) is 9.69 Å². The summed E-state index contributed by atoms with van der Waals surface area (Å²) in [5, 5.41) is 10.6. The van der Waals surface area contributed by atoms with Gasteiger partial charge in [0.1, 0.15) is 22.1 Å². The molecular weight excluding hydrogens is 406 g/mol. The molecule has 0 aliphatic heterocycles. The molecule has 0 fully saturated rings. The summed E-state index contributed by atoms with van der Waals surface area (Å²) in [4.78, 5) is 35.2. The number of H-pyrrole nitrogens is 1. The van der Waals surface area contributed by atoms with Crippen LogP contribution in [-0.4, -0.2) is 64.0 Å². The quantitative estimate of drug-likeness (QED) is 0.334. The molecule has 164 valence electrons. The smallest absolute Gasteiger partial charge is 0.348 e. The van der Waals surface area contributed by atoms with Crippen molar-refractivity contribution in [3.05, 3.63) is 26.6 Å². The number of esters is 1. The molecule has 0 bridgehead atoms. The second kappa shape index (κ2) is 10.7. The number of hydrogen-bond donors (Lipinski definition) is 2. The van der Waals surface area contributed by atoms with Crippen LogP contribution in [0.2, 0.25) is 0 Å². The summed E-state index contributed by atoms with van der Waals surface area (Å²) in [7, 11) is 0. The van der Waals surface area contributed by atoms with Crippen LogP contribution >= 0.6 is 11.3 Å². The van der Waals surface area contributed by atoms with Crippen LogP contribution in [0.1, 0.15) is 48.8 Å². The SMILES string of the molecule is C#CCOCC(O)CN(Cc1nc2sc(C(=O)OC(C)C)c(C)c2c(=O)[nH]1)C(C)C. The van der Waals surface area contributed by atoms with E-state index in [-0.39, 0.29) is 30.9 Å². The minimum Gasteiger partial charge on any atom is -0.459 e. The van der Waals surface area contributed by atoms with Crippen molar-refractivity contribution in [3.63, 3.8) is 0 Å². The highest BCUT2D eigenvalue weighted by Gasteiger charge is 2.22. The number of aliphatic hydroxyl groups excluding tert-OH is 1. The minimum atomic E-state index is -0.724. The second-order valence-electron chi connectivity index (χ2n) is 7.60. The zero-order valence-electron chi connectivity index (χ0n) is 18.0. The van der Waals surface area contributed by atoms with Gasteiger partial charge in [0.15, 0.2) is 0 Å². The van der Waals surface area contributed by atoms with E-state index in [0.717, 1.165) is 11.3 Å². The fraction of sp³-hybridized carbons (Fsp3) is 0.571. The molecule has 1 atom stereocenters. The number of nitrogens with zero attached hydrogens (tertiary/aromatic N) is 2. The van der Waals surface area contributed by atoms with Crippen LogP contribution in [0.15, 0.2) is 4.79 Å². The van der Waals surface area contributed by atoms with Gasteiger partial charge in [0, 0.05) is 12.6 Å². The minimum absolute atomic E-state index is 0.0925. The maximum absolute atomic E-state index is 12.7. The van der Waals surface area contributed by atoms with Gasteiger partial charge in [-0.05, 0) is 40.2 Å². The highest BCUT2D eigenvalue weighted by atomic mass is 32.1. The largest absolute Gasteiger partial charge is 0.459 e. The molecule has 2 aromatic heterocycles. The van der Waals surface area contributed by atoms with Crippen molar-refractivity contribution in [2.75, 3.05) is 19.8 Å². The van der Waals surface area contributed by atoms with Crippen molar-refractivity contribution in [1.82, 2.24) is 14.9 Å². The van der Waals surface area contributed by atoms with E-state index in [1.807, 2.05) is 18.7 Å². The molecule has 2 rings (SSSR count). The van der Waals surface area contributed by atoms with E-state index in [9.17, 15) is 14.7 Å². The molecular formula is C21H29N3O5S. The molecule has 8 nitrogen and oxygen atoms in total. The van der Waals surface area contributed by atoms with E-state index in [2.05, 4.69) is 15.9 Å². The van der Waals surface area contributed by atoms with Crippen LogP contribution < -0.4 is 5.56 Å². The van der Waals surface area contributed by atoms with Crippen molar-refractivity contribution in [2.45, 2.75) is 59.4 Å². The van der Waals surface area contributed by atoms with E-state index in [0.29, 0.717) is 39.6 Å². The van der Waals surface area contributed by atoms with Gasteiger partial charge in [-0.1, -0.05) is 5.92 Å². The fourth-order valence-corrected chi connectivity index (χ4v) is 4.04. The number of aromatic amines is 1. The molecule has 0 spiro atoms. The summed E-state index contributed by atoms with van der Waals surface area (Å²) in [6.07, 6.45) is 4.17. The lowest BCUT2D eigenvalue weighted by Gasteiger charge is -2.28. The summed E-state index contributed by atoms with van der Waals surface area (Å²) in [5.41, 5.74) is 0.275. The van der Waals surface area contributed by atoms with Gasteiger partial charge in [0.2, 0.25) is 0 Å². The normalized spacial score (nSPS) is 12.7. The number of fused-ring (bicyclic) bond motifs is 1. The van der Waals surface area contributed by atoms with E-state index < -0.39 is 12.1 Å². The molecule has 0 radical (unpaired) electrons. The van der Waals surface area contributed by atoms with Crippen molar-refractivity contribution in [2.24, 2.45) is 0 Å². The van der Waals surface area contributed by atoms with Crippen LogP contribution in [0.5, 0.6) is 0 Å². The number of rotatable bonds is 10. The Morgan fingerprint density at radius 3 is 2.67 bits per heavy atom. The Balaban J connectivity index is 2.25. The Kier molecular flexibility index (Phi) is 8.55. The molecule has 1 unspecified atom stereocenters. The van der Waals surface area contributed by atoms with Gasteiger partial charge in [-0.15, -0.1) is 17.8 Å². The van der Waals surface area contributed by atoms with Crippen molar-refractivity contribution >= 4 is 27.5 Å². The number of hydrogen-bond acceptors (Lipinski definition) is 8. The van der Waals surface area contributed by atoms with Crippen LogP contribution in [-0.2, 0) is 16.0 Å². The van der Waals surface area contributed by atoms with Crippen LogP contribution in [0.4, 0.5) is 0 Å². The van der Waals surface area contributed by atoms with Crippen molar-refractivity contribution in [3.8, 4) is 12.3 Å². The van der Waals surface area contributed by atoms with Crippen molar-refractivity contribution in [1.29, 1.82) is 0 Å². The number of carbonyl (C=O) groups excluding carboxylic acids is 1. The van der Waals surface area contributed by atoms with E-state index in [1.165, 1.54) is 0 Å². The standard InChI is InChI=1S/C21H29N3O5S/c1-7-8-28-11-15(25)9-24(12(2)3)10-16-22-19(26)17-14(6)18(30-20(17)23-16)21(27)29-13(4)5/h1,12-13,15,25H,8-11H2,2-6H3,(H,22,23,26). The van der Waals surface area contributed by atoms with E-state index in [4.69, 9.17) is 15.9 Å². The van der Waals surface area contributed by atoms with E-state index in [1.54, 1.807) is 20.8 Å². The summed E-state index contributed by atoms with van der Waals surface area (Å²) in [6.45, 7) is 10.2. The number of ether oxygens (including phenoxy) is 2. The van der Waals surface area contributed by atoms with Gasteiger partial charge in [-0.2, -0.15) is 0 Å². The Morgan fingerprint density at radius 1 is 1.37 bits per heavy atom. The predicted octanol–water partition coefficient (Wildman–Crippen LogP) is 2.08. The average molecular weight is 436 g/mol. The van der Waals surface area contributed by atoms with Crippen LogP contribution in [0.25, 0.3) is 10.2 Å². The highest BCUT2D eigenvalue weighted by Crippen LogP contribution is 2.28. The van der Waals surface area contributed by atoms with Crippen LogP contribution in [0, 0.1) is 19.3 Å². The van der Waals surface area contributed by atoms with Crippen LogP contribution in [0.3, 0.4) is 0 Å². The van der Waals surface area contributed by atoms with Crippen molar-refractivity contribution < 1.29 is 19.4 Å². The first kappa shape index (κ1) is 24.0. The molecule has 2 aromatic rings. The first-order valence-corrected chi connectivity index (χ1v) is 10.6. The molecule has 2 N–H and O–H groups in total. The molecule has 0 amide bonds. The molecule has 9 heteroatoms. The summed E-state index contributed by atoms with van der Waals surface area (Å²) in [5.74, 6) is 2.37. The fourth-order valence-electron chi connectivity index (χ4n) is 2.95. The Bertz CT molecular complexity index is 973. The van der Waals surface area contributed by atoms with Gasteiger partial charge in [0.05, 0.1) is 30.7 Å². The van der Waals surface area contributed by atoms with Gasteiger partial charge >= 0.3 is 5.97 Å². The van der Waals surface area contributed by atoms with E-state index >= 15 is 0 Å². The molecule has 0 aliphatic rings. The van der Waals surface area contributed by atoms with Gasteiger partial charge < -0.3 is 19.6 Å². The number of carbonyl (C=O) groups is 1. The number of aryl methyl sites for hydroxylation is 1. The third-order valence-corrected chi connectivity index (χ3v) is 5.57. The third-order valence-electron chi connectivity index (χ3n) is 4.40. The zero-order valence-corrected chi connectivity index (χ0v) is 18.8. The summed E-state index contributed by atoms with van der Waals surface area (Å²) in [6, 6.07) is 0.0925. The topological polar surface area (TPSA) is 105 Å². The zero-order chi connectivity index (χ0) is 22.4. The summed E-state index contributed by atoms with van der Waals surface area (Å²) < 4.78 is 10.5. The molecule has 0 saturated heterocycles. The summed E-state index contributed by atoms with van der Waals surface area (Å²) >= 11 is 1.15. The lowest BCUT2D eigenvalue weighted by Crippen LogP contribution is -2.39. The molecule has 0 aromatic carbocycles. The average Bonchev–Trinajstić information content (AvgIpc) is 2.98. The lowest BCUT2D eigenvalue weighted by molar-refractivity contribution is 0.0186. The predicted molar refractivity (Wildman–Crippen MR) is 117 cm³/mol. The Hall–Kier alpha value is -2.25. The molecule has 2 heterocycles.